The van der Waals surface area contributed by atoms with Gasteiger partial charge in [0, 0.05) is 16.9 Å². The lowest BCUT2D eigenvalue weighted by Crippen LogP contribution is -2.25. The van der Waals surface area contributed by atoms with E-state index in [1.54, 1.807) is 25.3 Å². The Morgan fingerprint density at radius 3 is 2.94 bits per heavy atom. The quantitative estimate of drug-likeness (QED) is 0.671. The van der Waals surface area contributed by atoms with Crippen molar-refractivity contribution in [1.82, 2.24) is 5.32 Å². The van der Waals surface area contributed by atoms with Crippen molar-refractivity contribution in [1.29, 1.82) is 0 Å². The van der Waals surface area contributed by atoms with E-state index in [1.807, 2.05) is 0 Å². The van der Waals surface area contributed by atoms with E-state index in [4.69, 9.17) is 16.3 Å². The highest BCUT2D eigenvalue weighted by atomic mass is 79.9. The second kappa shape index (κ2) is 6.76. The molecule has 0 aliphatic carbocycles. The van der Waals surface area contributed by atoms with Gasteiger partial charge < -0.3 is 10.1 Å². The van der Waals surface area contributed by atoms with Crippen LogP contribution < -0.4 is 10.1 Å². The van der Waals surface area contributed by atoms with Gasteiger partial charge in [-0.3, -0.25) is 4.79 Å². The van der Waals surface area contributed by atoms with Crippen LogP contribution in [0.5, 0.6) is 5.75 Å². The number of benzene rings is 1. The number of amides is 1. The van der Waals surface area contributed by atoms with Crippen LogP contribution in [-0.2, 0) is 0 Å². The number of alkyl halides is 1. The number of methoxy groups -OCH3 is 1. The van der Waals surface area contributed by atoms with Crippen LogP contribution in [0.4, 0.5) is 0 Å². The van der Waals surface area contributed by atoms with Gasteiger partial charge in [0.05, 0.1) is 12.7 Å². The van der Waals surface area contributed by atoms with E-state index >= 15 is 0 Å². The monoisotopic (exact) mass is 305 g/mol. The average Bonchev–Trinajstić information content (AvgIpc) is 2.30. The van der Waals surface area contributed by atoms with Gasteiger partial charge in [0.1, 0.15) is 5.75 Å². The molecule has 0 unspecified atom stereocenters. The summed E-state index contributed by atoms with van der Waals surface area (Å²) >= 11 is 8.86. The standard InChI is InChI=1S/C11H13BrClNO2/c1-16-8-3-4-10(12)9(7-8)11(15)14-6-2-5-13/h3-4,7H,2,5-6H2,1H3,(H,14,15). The third-order valence-corrected chi connectivity index (χ3v) is 2.97. The molecule has 0 spiro atoms. The van der Waals surface area contributed by atoms with Crippen molar-refractivity contribution >= 4 is 33.4 Å². The number of carbonyl (C=O) groups excluding carboxylic acids is 1. The Hall–Kier alpha value is -0.740. The minimum atomic E-state index is -0.129. The van der Waals surface area contributed by atoms with Crippen molar-refractivity contribution in [2.75, 3.05) is 19.5 Å². The molecule has 0 bridgehead atoms. The average molecular weight is 307 g/mol. The van der Waals surface area contributed by atoms with Crippen LogP contribution in [0, 0.1) is 0 Å². The van der Waals surface area contributed by atoms with E-state index in [9.17, 15) is 4.79 Å². The highest BCUT2D eigenvalue weighted by Crippen LogP contribution is 2.22. The Labute approximate surface area is 108 Å². The lowest BCUT2D eigenvalue weighted by molar-refractivity contribution is 0.0952. The number of ether oxygens (including phenoxy) is 1. The summed E-state index contributed by atoms with van der Waals surface area (Å²) < 4.78 is 5.81. The molecule has 3 nitrogen and oxygen atoms in total. The van der Waals surface area contributed by atoms with Gasteiger partial charge in [-0.05, 0) is 40.5 Å². The fourth-order valence-corrected chi connectivity index (χ4v) is 1.73. The van der Waals surface area contributed by atoms with Gasteiger partial charge >= 0.3 is 0 Å². The predicted molar refractivity (Wildman–Crippen MR) is 68.4 cm³/mol. The molecule has 1 N–H and O–H groups in total. The molecule has 1 aromatic rings. The lowest BCUT2D eigenvalue weighted by atomic mass is 10.2. The molecular weight excluding hydrogens is 293 g/mol. The first-order chi connectivity index (χ1) is 7.69. The van der Waals surface area contributed by atoms with Gasteiger partial charge in [0.15, 0.2) is 0 Å². The summed E-state index contributed by atoms with van der Waals surface area (Å²) in [6, 6.07) is 5.27. The zero-order chi connectivity index (χ0) is 12.0. The summed E-state index contributed by atoms with van der Waals surface area (Å²) in [5.74, 6) is 1.07. The summed E-state index contributed by atoms with van der Waals surface area (Å²) in [4.78, 5) is 11.8. The maximum atomic E-state index is 11.8. The van der Waals surface area contributed by atoms with Crippen molar-refractivity contribution in [3.63, 3.8) is 0 Å². The van der Waals surface area contributed by atoms with E-state index in [0.717, 1.165) is 10.9 Å². The number of nitrogens with one attached hydrogen (secondary N) is 1. The highest BCUT2D eigenvalue weighted by molar-refractivity contribution is 9.10. The molecule has 1 amide bonds. The number of halogens is 2. The Bertz CT molecular complexity index is 371. The minimum Gasteiger partial charge on any atom is -0.497 e. The zero-order valence-corrected chi connectivity index (χ0v) is 11.3. The third kappa shape index (κ3) is 3.68. The molecule has 1 aromatic carbocycles. The fraction of sp³-hybridized carbons (Fsp3) is 0.364. The van der Waals surface area contributed by atoms with Gasteiger partial charge in [-0.2, -0.15) is 0 Å². The van der Waals surface area contributed by atoms with Crippen LogP contribution in [0.25, 0.3) is 0 Å². The van der Waals surface area contributed by atoms with Crippen molar-refractivity contribution in [3.05, 3.63) is 28.2 Å². The molecule has 0 aliphatic heterocycles. The third-order valence-electron chi connectivity index (χ3n) is 2.01. The highest BCUT2D eigenvalue weighted by Gasteiger charge is 2.10. The van der Waals surface area contributed by atoms with Crippen LogP contribution in [0.1, 0.15) is 16.8 Å². The van der Waals surface area contributed by atoms with Crippen LogP contribution in [-0.4, -0.2) is 25.4 Å². The fourth-order valence-electron chi connectivity index (χ4n) is 1.17. The second-order valence-electron chi connectivity index (χ2n) is 3.14. The van der Waals surface area contributed by atoms with Crippen molar-refractivity contribution in [2.45, 2.75) is 6.42 Å². The minimum absolute atomic E-state index is 0.129. The number of hydrogen-bond acceptors (Lipinski definition) is 2. The Kier molecular flexibility index (Phi) is 5.63. The number of rotatable bonds is 5. The van der Waals surface area contributed by atoms with Crippen LogP contribution in [0.2, 0.25) is 0 Å². The van der Waals surface area contributed by atoms with E-state index in [1.165, 1.54) is 0 Å². The summed E-state index contributed by atoms with van der Waals surface area (Å²) in [5.41, 5.74) is 0.564. The van der Waals surface area contributed by atoms with Crippen molar-refractivity contribution in [2.24, 2.45) is 0 Å². The van der Waals surface area contributed by atoms with Gasteiger partial charge in [0.2, 0.25) is 0 Å². The molecule has 0 saturated carbocycles. The summed E-state index contributed by atoms with van der Waals surface area (Å²) in [5, 5.41) is 2.78. The maximum Gasteiger partial charge on any atom is 0.252 e. The van der Waals surface area contributed by atoms with E-state index in [0.29, 0.717) is 23.7 Å². The van der Waals surface area contributed by atoms with Gasteiger partial charge in [0.25, 0.3) is 5.91 Å². The molecule has 1 rings (SSSR count). The Balaban J connectivity index is 2.73. The smallest absolute Gasteiger partial charge is 0.252 e. The zero-order valence-electron chi connectivity index (χ0n) is 8.93. The molecule has 0 aliphatic rings. The molecule has 5 heteroatoms. The van der Waals surface area contributed by atoms with Gasteiger partial charge in [-0.25, -0.2) is 0 Å². The van der Waals surface area contributed by atoms with Crippen molar-refractivity contribution < 1.29 is 9.53 Å². The van der Waals surface area contributed by atoms with Crippen LogP contribution >= 0.6 is 27.5 Å². The van der Waals surface area contributed by atoms with Crippen molar-refractivity contribution in [3.8, 4) is 5.75 Å². The molecule has 0 aromatic heterocycles. The van der Waals surface area contributed by atoms with E-state index < -0.39 is 0 Å². The largest absolute Gasteiger partial charge is 0.497 e. The van der Waals surface area contributed by atoms with Crippen LogP contribution in [0.15, 0.2) is 22.7 Å². The van der Waals surface area contributed by atoms with E-state index in [2.05, 4.69) is 21.2 Å². The first kappa shape index (κ1) is 13.3. The number of hydrogen-bond donors (Lipinski definition) is 1. The summed E-state index contributed by atoms with van der Waals surface area (Å²) in [7, 11) is 1.57. The van der Waals surface area contributed by atoms with Gasteiger partial charge in [-0.1, -0.05) is 0 Å². The molecule has 0 fully saturated rings. The van der Waals surface area contributed by atoms with Gasteiger partial charge in [-0.15, -0.1) is 11.6 Å². The predicted octanol–water partition coefficient (Wildman–Crippen LogP) is 2.82. The Morgan fingerprint density at radius 2 is 2.31 bits per heavy atom. The molecule has 0 saturated heterocycles. The topological polar surface area (TPSA) is 38.3 Å². The second-order valence-corrected chi connectivity index (χ2v) is 4.38. The number of carbonyl (C=O) groups is 1. The van der Waals surface area contributed by atoms with Crippen LogP contribution in [0.3, 0.4) is 0 Å². The van der Waals surface area contributed by atoms with E-state index in [-0.39, 0.29) is 5.91 Å². The lowest BCUT2D eigenvalue weighted by Gasteiger charge is -2.07. The SMILES string of the molecule is COc1ccc(Br)c(C(=O)NCCCCl)c1. The first-order valence-corrected chi connectivity index (χ1v) is 6.19. The molecule has 88 valence electrons. The first-order valence-electron chi connectivity index (χ1n) is 4.86. The summed E-state index contributed by atoms with van der Waals surface area (Å²) in [6.07, 6.45) is 0.759. The molecule has 0 heterocycles. The molecule has 0 atom stereocenters. The molecule has 16 heavy (non-hydrogen) atoms. The summed E-state index contributed by atoms with van der Waals surface area (Å²) in [6.45, 7) is 0.575. The molecule has 0 radical (unpaired) electrons. The molecular formula is C11H13BrClNO2. The Morgan fingerprint density at radius 1 is 1.56 bits per heavy atom. The normalized spacial score (nSPS) is 9.94. The maximum absolute atomic E-state index is 11.8.